The van der Waals surface area contributed by atoms with Crippen LogP contribution in [-0.2, 0) is 11.2 Å². The standard InChI is InChI=1S/C21H20FN3O4/c1-14(15-6-5-7-16(12-15)25(27)28)24(2)21(26)11-10-20-23-13-19(29-20)17-8-3-4-9-18(17)22/h3-9,12-14H,10-11H2,1-2H3/t14-/m1/s1. The quantitative estimate of drug-likeness (QED) is 0.431. The van der Waals surface area contributed by atoms with Crippen LogP contribution in [0.3, 0.4) is 0 Å². The van der Waals surface area contributed by atoms with E-state index in [-0.39, 0.29) is 30.5 Å². The second-order valence-corrected chi connectivity index (χ2v) is 6.63. The molecule has 7 nitrogen and oxygen atoms in total. The lowest BCUT2D eigenvalue weighted by Crippen LogP contribution is -2.29. The molecule has 0 aliphatic heterocycles. The van der Waals surface area contributed by atoms with Gasteiger partial charge in [0, 0.05) is 32.0 Å². The Morgan fingerprint density at radius 3 is 2.76 bits per heavy atom. The fourth-order valence-electron chi connectivity index (χ4n) is 2.94. The van der Waals surface area contributed by atoms with Crippen LogP contribution in [0.25, 0.3) is 11.3 Å². The van der Waals surface area contributed by atoms with Gasteiger partial charge in [0.1, 0.15) is 5.82 Å². The Hall–Kier alpha value is -3.55. The van der Waals surface area contributed by atoms with Gasteiger partial charge in [0.25, 0.3) is 5.69 Å². The van der Waals surface area contributed by atoms with Gasteiger partial charge >= 0.3 is 0 Å². The van der Waals surface area contributed by atoms with Crippen molar-refractivity contribution < 1.29 is 18.5 Å². The molecule has 3 aromatic rings. The molecule has 150 valence electrons. The number of non-ortho nitro benzene ring substituents is 1. The molecule has 1 aromatic heterocycles. The fourth-order valence-corrected chi connectivity index (χ4v) is 2.94. The number of halogens is 1. The van der Waals surface area contributed by atoms with Gasteiger partial charge in [-0.25, -0.2) is 9.37 Å². The summed E-state index contributed by atoms with van der Waals surface area (Å²) < 4.78 is 19.4. The van der Waals surface area contributed by atoms with Crippen molar-refractivity contribution in [3.8, 4) is 11.3 Å². The first-order chi connectivity index (χ1) is 13.9. The summed E-state index contributed by atoms with van der Waals surface area (Å²) in [6.45, 7) is 1.80. The zero-order valence-electron chi connectivity index (χ0n) is 16.0. The number of hydrogen-bond donors (Lipinski definition) is 0. The maximum Gasteiger partial charge on any atom is 0.269 e. The topological polar surface area (TPSA) is 89.5 Å². The predicted octanol–water partition coefficient (Wildman–Crippen LogP) is 4.54. The molecule has 0 saturated carbocycles. The third-order valence-corrected chi connectivity index (χ3v) is 4.78. The lowest BCUT2D eigenvalue weighted by molar-refractivity contribution is -0.384. The smallest absolute Gasteiger partial charge is 0.269 e. The molecular formula is C21H20FN3O4. The molecule has 0 bridgehead atoms. The summed E-state index contributed by atoms with van der Waals surface area (Å²) in [5, 5.41) is 10.9. The fraction of sp³-hybridized carbons (Fsp3) is 0.238. The van der Waals surface area contributed by atoms with E-state index in [4.69, 9.17) is 4.42 Å². The number of carbonyl (C=O) groups excluding carboxylic acids is 1. The summed E-state index contributed by atoms with van der Waals surface area (Å²) in [5.74, 6) is 0.0864. The van der Waals surface area contributed by atoms with Crippen molar-refractivity contribution in [2.45, 2.75) is 25.8 Å². The molecule has 1 atom stereocenters. The molecule has 8 heteroatoms. The normalized spacial score (nSPS) is 11.8. The number of nitro benzene ring substituents is 1. The minimum Gasteiger partial charge on any atom is -0.441 e. The maximum atomic E-state index is 13.8. The zero-order valence-corrected chi connectivity index (χ0v) is 16.0. The van der Waals surface area contributed by atoms with Gasteiger partial charge in [0.05, 0.1) is 22.7 Å². The minimum atomic E-state index is -0.465. The monoisotopic (exact) mass is 397 g/mol. The number of nitrogens with zero attached hydrogens (tertiary/aromatic N) is 3. The molecular weight excluding hydrogens is 377 g/mol. The van der Waals surface area contributed by atoms with Crippen LogP contribution in [0.1, 0.15) is 30.8 Å². The van der Waals surface area contributed by atoms with E-state index in [1.54, 1.807) is 44.3 Å². The summed E-state index contributed by atoms with van der Waals surface area (Å²) >= 11 is 0. The summed E-state index contributed by atoms with van der Waals surface area (Å²) in [7, 11) is 1.65. The van der Waals surface area contributed by atoms with Crippen molar-refractivity contribution in [2.75, 3.05) is 7.05 Å². The first-order valence-corrected chi connectivity index (χ1v) is 9.06. The van der Waals surface area contributed by atoms with E-state index in [2.05, 4.69) is 4.98 Å². The van der Waals surface area contributed by atoms with Crippen molar-refractivity contribution >= 4 is 11.6 Å². The molecule has 0 radical (unpaired) electrons. The number of benzene rings is 2. The Morgan fingerprint density at radius 2 is 2.03 bits per heavy atom. The predicted molar refractivity (Wildman–Crippen MR) is 104 cm³/mol. The van der Waals surface area contributed by atoms with Gasteiger partial charge in [-0.1, -0.05) is 24.3 Å². The molecule has 3 rings (SSSR count). The molecule has 0 saturated heterocycles. The number of carbonyl (C=O) groups is 1. The summed E-state index contributed by atoms with van der Waals surface area (Å²) in [4.78, 5) is 28.7. The largest absolute Gasteiger partial charge is 0.441 e. The Kier molecular flexibility index (Phi) is 6.01. The minimum absolute atomic E-state index is 0.0179. The molecule has 0 fully saturated rings. The highest BCUT2D eigenvalue weighted by atomic mass is 19.1. The van der Waals surface area contributed by atoms with E-state index in [0.717, 1.165) is 0 Å². The van der Waals surface area contributed by atoms with Crippen LogP contribution < -0.4 is 0 Å². The number of amides is 1. The van der Waals surface area contributed by atoms with E-state index in [1.165, 1.54) is 29.3 Å². The van der Waals surface area contributed by atoms with Crippen LogP contribution in [0.15, 0.2) is 59.1 Å². The van der Waals surface area contributed by atoms with Crippen LogP contribution in [0.5, 0.6) is 0 Å². The molecule has 0 aliphatic rings. The molecule has 0 spiro atoms. The highest BCUT2D eigenvalue weighted by Gasteiger charge is 2.20. The van der Waals surface area contributed by atoms with Crippen LogP contribution in [-0.4, -0.2) is 27.8 Å². The van der Waals surface area contributed by atoms with Gasteiger partial charge in [-0.15, -0.1) is 0 Å². The third-order valence-electron chi connectivity index (χ3n) is 4.78. The highest BCUT2D eigenvalue weighted by Crippen LogP contribution is 2.25. The van der Waals surface area contributed by atoms with Crippen LogP contribution in [0.2, 0.25) is 0 Å². The molecule has 2 aromatic carbocycles. The average Bonchev–Trinajstić information content (AvgIpc) is 3.20. The van der Waals surface area contributed by atoms with Crippen molar-refractivity contribution in [3.05, 3.63) is 82.1 Å². The first-order valence-electron chi connectivity index (χ1n) is 9.06. The van der Waals surface area contributed by atoms with Crippen LogP contribution in [0.4, 0.5) is 10.1 Å². The van der Waals surface area contributed by atoms with E-state index in [9.17, 15) is 19.3 Å². The van der Waals surface area contributed by atoms with Gasteiger partial charge in [-0.3, -0.25) is 14.9 Å². The molecule has 0 N–H and O–H groups in total. The van der Waals surface area contributed by atoms with E-state index >= 15 is 0 Å². The van der Waals surface area contributed by atoms with Crippen molar-refractivity contribution in [1.29, 1.82) is 0 Å². The summed E-state index contributed by atoms with van der Waals surface area (Å²) in [5.41, 5.74) is 0.970. The van der Waals surface area contributed by atoms with E-state index < -0.39 is 10.7 Å². The number of oxazole rings is 1. The second-order valence-electron chi connectivity index (χ2n) is 6.63. The Morgan fingerprint density at radius 1 is 1.28 bits per heavy atom. The average molecular weight is 397 g/mol. The number of nitro groups is 1. The molecule has 1 heterocycles. The number of rotatable bonds is 7. The molecule has 1 amide bonds. The summed E-state index contributed by atoms with van der Waals surface area (Å²) in [6.07, 6.45) is 1.85. The van der Waals surface area contributed by atoms with Gasteiger partial charge in [-0.2, -0.15) is 0 Å². The number of aromatic nitrogens is 1. The zero-order chi connectivity index (χ0) is 21.0. The van der Waals surface area contributed by atoms with Crippen molar-refractivity contribution in [2.24, 2.45) is 0 Å². The number of aryl methyl sites for hydroxylation is 1. The third kappa shape index (κ3) is 4.66. The Balaban J connectivity index is 1.63. The van der Waals surface area contributed by atoms with Gasteiger partial charge in [-0.05, 0) is 24.6 Å². The lowest BCUT2D eigenvalue weighted by atomic mass is 10.1. The van der Waals surface area contributed by atoms with Crippen LogP contribution >= 0.6 is 0 Å². The maximum absolute atomic E-state index is 13.8. The van der Waals surface area contributed by atoms with Gasteiger partial charge in [0.15, 0.2) is 11.7 Å². The second kappa shape index (κ2) is 8.64. The van der Waals surface area contributed by atoms with Crippen molar-refractivity contribution in [1.82, 2.24) is 9.88 Å². The first kappa shape index (κ1) is 20.2. The molecule has 29 heavy (non-hydrogen) atoms. The Bertz CT molecular complexity index is 1030. The van der Waals surface area contributed by atoms with E-state index in [0.29, 0.717) is 22.8 Å². The molecule has 0 unspecified atom stereocenters. The molecule has 0 aliphatic carbocycles. The van der Waals surface area contributed by atoms with Crippen molar-refractivity contribution in [3.63, 3.8) is 0 Å². The Labute approximate surface area is 166 Å². The lowest BCUT2D eigenvalue weighted by Gasteiger charge is -2.25. The SMILES string of the molecule is C[C@H](c1cccc([N+](=O)[O-])c1)N(C)C(=O)CCc1ncc(-c2ccccc2F)o1. The van der Waals surface area contributed by atoms with Gasteiger partial charge in [0.2, 0.25) is 5.91 Å². The number of hydrogen-bond acceptors (Lipinski definition) is 5. The summed E-state index contributed by atoms with van der Waals surface area (Å²) in [6, 6.07) is 12.1. The van der Waals surface area contributed by atoms with E-state index in [1.807, 2.05) is 0 Å². The van der Waals surface area contributed by atoms with Gasteiger partial charge < -0.3 is 9.32 Å². The highest BCUT2D eigenvalue weighted by molar-refractivity contribution is 5.76. The van der Waals surface area contributed by atoms with Crippen LogP contribution in [0, 0.1) is 15.9 Å².